The molecule has 2 fully saturated rings. The molecule has 1 N–H and O–H groups in total. The second-order valence-corrected chi connectivity index (χ2v) is 7.00. The highest BCUT2D eigenvalue weighted by atomic mass is 35.5. The van der Waals surface area contributed by atoms with E-state index in [1.807, 2.05) is 6.07 Å². The van der Waals surface area contributed by atoms with Crippen LogP contribution in [-0.4, -0.2) is 29.9 Å². The van der Waals surface area contributed by atoms with Gasteiger partial charge in [0.2, 0.25) is 5.91 Å². The van der Waals surface area contributed by atoms with Crippen molar-refractivity contribution in [3.63, 3.8) is 0 Å². The average molecular weight is 337 g/mol. The van der Waals surface area contributed by atoms with Crippen molar-refractivity contribution < 1.29 is 4.79 Å². The number of para-hydroxylation sites is 1. The quantitative estimate of drug-likeness (QED) is 0.888. The maximum Gasteiger partial charge on any atom is 0.225 e. The van der Waals surface area contributed by atoms with Gasteiger partial charge in [0, 0.05) is 24.7 Å². The molecule has 1 aromatic carbocycles. The summed E-state index contributed by atoms with van der Waals surface area (Å²) in [6.45, 7) is 6.20. The Morgan fingerprint density at radius 2 is 1.87 bits per heavy atom. The number of benzene rings is 1. The lowest BCUT2D eigenvalue weighted by atomic mass is 9.92. The molecule has 0 bridgehead atoms. The normalized spacial score (nSPS) is 23.9. The molecule has 0 spiro atoms. The second-order valence-electron chi connectivity index (χ2n) is 7.00. The molecule has 1 amide bonds. The van der Waals surface area contributed by atoms with Crippen LogP contribution in [0.1, 0.15) is 49.7 Å². The topological polar surface area (TPSA) is 32.3 Å². The highest BCUT2D eigenvalue weighted by Gasteiger charge is 2.34. The van der Waals surface area contributed by atoms with E-state index in [4.69, 9.17) is 0 Å². The van der Waals surface area contributed by atoms with Crippen LogP contribution in [0.4, 0.5) is 5.69 Å². The van der Waals surface area contributed by atoms with E-state index in [0.717, 1.165) is 35.3 Å². The van der Waals surface area contributed by atoms with Gasteiger partial charge in [-0.15, -0.1) is 12.4 Å². The predicted molar refractivity (Wildman–Crippen MR) is 98.3 cm³/mol. The molecule has 128 valence electrons. The molecule has 1 saturated carbocycles. The number of carbonyl (C=O) groups excluding carboxylic acids is 1. The lowest BCUT2D eigenvalue weighted by Gasteiger charge is -2.37. The molecular formula is C19H29ClN2O. The Kier molecular flexibility index (Phi) is 6.49. The number of halogens is 1. The molecule has 1 aliphatic heterocycles. The molecule has 0 unspecified atom stereocenters. The highest BCUT2D eigenvalue weighted by molar-refractivity contribution is 5.92. The van der Waals surface area contributed by atoms with Gasteiger partial charge in [0.15, 0.2) is 0 Å². The van der Waals surface area contributed by atoms with Crippen molar-refractivity contribution in [3.05, 3.63) is 29.3 Å². The van der Waals surface area contributed by atoms with Gasteiger partial charge in [-0.2, -0.15) is 0 Å². The van der Waals surface area contributed by atoms with E-state index in [-0.39, 0.29) is 18.3 Å². The molecule has 0 aromatic heterocycles. The van der Waals surface area contributed by atoms with Crippen LogP contribution in [-0.2, 0) is 4.79 Å². The second kappa shape index (κ2) is 8.16. The Labute approximate surface area is 146 Å². The van der Waals surface area contributed by atoms with Gasteiger partial charge in [-0.25, -0.2) is 0 Å². The lowest BCUT2D eigenvalue weighted by molar-refractivity contribution is -0.116. The zero-order valence-electron chi connectivity index (χ0n) is 14.3. The van der Waals surface area contributed by atoms with Gasteiger partial charge in [-0.05, 0) is 63.1 Å². The third-order valence-electron chi connectivity index (χ3n) is 5.48. The van der Waals surface area contributed by atoms with Crippen LogP contribution in [0.2, 0.25) is 0 Å². The summed E-state index contributed by atoms with van der Waals surface area (Å²) < 4.78 is 0. The number of carbonyl (C=O) groups is 1. The molecule has 2 atom stereocenters. The minimum atomic E-state index is 0. The van der Waals surface area contributed by atoms with Gasteiger partial charge in [-0.1, -0.05) is 24.6 Å². The third kappa shape index (κ3) is 4.27. The van der Waals surface area contributed by atoms with Crippen LogP contribution in [0.3, 0.4) is 0 Å². The first-order chi connectivity index (χ1) is 10.6. The number of hydrogen-bond acceptors (Lipinski definition) is 2. The molecule has 3 nitrogen and oxygen atoms in total. The minimum Gasteiger partial charge on any atom is -0.326 e. The first-order valence-corrected chi connectivity index (χ1v) is 8.75. The SMILES string of the molecule is Cc1cccc(C)c1NC(=O)CCN1CCC[C@@H]2CCC[C@@H]21.Cl. The van der Waals surface area contributed by atoms with Crippen LogP contribution < -0.4 is 5.32 Å². The van der Waals surface area contributed by atoms with Gasteiger partial charge < -0.3 is 5.32 Å². The van der Waals surface area contributed by atoms with Crippen molar-refractivity contribution in [3.8, 4) is 0 Å². The molecule has 2 aliphatic rings. The van der Waals surface area contributed by atoms with E-state index in [2.05, 4.69) is 36.2 Å². The van der Waals surface area contributed by atoms with Crippen molar-refractivity contribution in [2.24, 2.45) is 5.92 Å². The smallest absolute Gasteiger partial charge is 0.225 e. The van der Waals surface area contributed by atoms with Crippen molar-refractivity contribution in [1.82, 2.24) is 4.90 Å². The summed E-state index contributed by atoms with van der Waals surface area (Å²) in [7, 11) is 0. The van der Waals surface area contributed by atoms with E-state index < -0.39 is 0 Å². The van der Waals surface area contributed by atoms with Crippen LogP contribution in [0.5, 0.6) is 0 Å². The Morgan fingerprint density at radius 3 is 2.61 bits per heavy atom. The van der Waals surface area contributed by atoms with Crippen LogP contribution >= 0.6 is 12.4 Å². The van der Waals surface area contributed by atoms with E-state index in [9.17, 15) is 4.79 Å². The number of aryl methyl sites for hydroxylation is 2. The summed E-state index contributed by atoms with van der Waals surface area (Å²) in [5, 5.41) is 3.11. The molecule has 4 heteroatoms. The number of piperidine rings is 1. The Balaban J connectivity index is 0.00000192. The number of amides is 1. The van der Waals surface area contributed by atoms with Crippen molar-refractivity contribution >= 4 is 24.0 Å². The number of rotatable bonds is 4. The highest BCUT2D eigenvalue weighted by Crippen LogP contribution is 2.36. The van der Waals surface area contributed by atoms with Crippen molar-refractivity contribution in [2.45, 2.75) is 58.4 Å². The number of nitrogens with zero attached hydrogens (tertiary/aromatic N) is 1. The molecule has 0 radical (unpaired) electrons. The zero-order chi connectivity index (χ0) is 15.5. The molecule has 23 heavy (non-hydrogen) atoms. The van der Waals surface area contributed by atoms with E-state index in [0.29, 0.717) is 6.42 Å². The summed E-state index contributed by atoms with van der Waals surface area (Å²) in [6, 6.07) is 6.89. The Hall–Kier alpha value is -1.06. The van der Waals surface area contributed by atoms with Gasteiger partial charge in [0.05, 0.1) is 0 Å². The van der Waals surface area contributed by atoms with Crippen LogP contribution in [0.25, 0.3) is 0 Å². The van der Waals surface area contributed by atoms with Gasteiger partial charge in [0.1, 0.15) is 0 Å². The summed E-state index contributed by atoms with van der Waals surface area (Å²) in [6.07, 6.45) is 7.42. The van der Waals surface area contributed by atoms with E-state index >= 15 is 0 Å². The standard InChI is InChI=1S/C19H28N2O.ClH/c1-14-6-3-7-15(2)19(14)20-18(22)11-13-21-12-5-9-16-8-4-10-17(16)21;/h3,6-7,16-17H,4-5,8-13H2,1-2H3,(H,20,22);1H/t16-,17-;/m0./s1. The van der Waals surface area contributed by atoms with Gasteiger partial charge in [-0.3, -0.25) is 9.69 Å². The largest absolute Gasteiger partial charge is 0.326 e. The lowest BCUT2D eigenvalue weighted by Crippen LogP contribution is -2.43. The fourth-order valence-corrected chi connectivity index (χ4v) is 4.29. The molecule has 3 rings (SSSR count). The molecule has 1 aromatic rings. The van der Waals surface area contributed by atoms with E-state index in [1.54, 1.807) is 0 Å². The fraction of sp³-hybridized carbons (Fsp3) is 0.632. The third-order valence-corrected chi connectivity index (χ3v) is 5.48. The van der Waals surface area contributed by atoms with Crippen LogP contribution in [0, 0.1) is 19.8 Å². The van der Waals surface area contributed by atoms with Gasteiger partial charge in [0.25, 0.3) is 0 Å². The molecule has 1 saturated heterocycles. The minimum absolute atomic E-state index is 0. The predicted octanol–water partition coefficient (Wildman–Crippen LogP) is 4.32. The number of nitrogens with one attached hydrogen (secondary N) is 1. The molecule has 1 aliphatic carbocycles. The first kappa shape index (κ1) is 18.3. The Morgan fingerprint density at radius 1 is 1.17 bits per heavy atom. The van der Waals surface area contributed by atoms with Gasteiger partial charge >= 0.3 is 0 Å². The van der Waals surface area contributed by atoms with E-state index in [1.165, 1.54) is 38.6 Å². The number of likely N-dealkylation sites (tertiary alicyclic amines) is 1. The maximum absolute atomic E-state index is 12.3. The van der Waals surface area contributed by atoms with Crippen molar-refractivity contribution in [1.29, 1.82) is 0 Å². The monoisotopic (exact) mass is 336 g/mol. The first-order valence-electron chi connectivity index (χ1n) is 8.75. The zero-order valence-corrected chi connectivity index (χ0v) is 15.1. The maximum atomic E-state index is 12.3. The summed E-state index contributed by atoms with van der Waals surface area (Å²) in [4.78, 5) is 14.9. The summed E-state index contributed by atoms with van der Waals surface area (Å²) >= 11 is 0. The summed E-state index contributed by atoms with van der Waals surface area (Å²) in [5.41, 5.74) is 3.27. The fourth-order valence-electron chi connectivity index (χ4n) is 4.29. The van der Waals surface area contributed by atoms with Crippen molar-refractivity contribution in [2.75, 3.05) is 18.4 Å². The summed E-state index contributed by atoms with van der Waals surface area (Å²) in [5.74, 6) is 1.05. The number of anilines is 1. The molecule has 1 heterocycles. The van der Waals surface area contributed by atoms with Crippen LogP contribution in [0.15, 0.2) is 18.2 Å². The molecular weight excluding hydrogens is 308 g/mol. The Bertz CT molecular complexity index is 526. The average Bonchev–Trinajstić information content (AvgIpc) is 2.98. The number of fused-ring (bicyclic) bond motifs is 1. The number of hydrogen-bond donors (Lipinski definition) is 1.